The summed E-state index contributed by atoms with van der Waals surface area (Å²) in [6.07, 6.45) is 0.671. The van der Waals surface area contributed by atoms with Crippen LogP contribution in [0.3, 0.4) is 0 Å². The number of pyridine rings is 1. The number of rotatable bonds is 4. The van der Waals surface area contributed by atoms with E-state index in [-0.39, 0.29) is 11.2 Å². The van der Waals surface area contributed by atoms with Gasteiger partial charge in [0.25, 0.3) is 5.56 Å². The lowest BCUT2D eigenvalue weighted by molar-refractivity contribution is -0.0411. The maximum atomic E-state index is 13.7. The highest BCUT2D eigenvalue weighted by Gasteiger charge is 2.28. The summed E-state index contributed by atoms with van der Waals surface area (Å²) >= 11 is 13.9. The number of para-hydroxylation sites is 1. The van der Waals surface area contributed by atoms with Crippen molar-refractivity contribution in [1.82, 2.24) is 14.5 Å². The molecule has 5 nitrogen and oxygen atoms in total. The second kappa shape index (κ2) is 8.76. The number of hydrogen-bond donors (Lipinski definition) is 0. The summed E-state index contributed by atoms with van der Waals surface area (Å²) in [6, 6.07) is 16.8. The van der Waals surface area contributed by atoms with Crippen molar-refractivity contribution >= 4 is 46.0 Å². The van der Waals surface area contributed by atoms with Crippen molar-refractivity contribution in [2.45, 2.75) is 43.4 Å². The Morgan fingerprint density at radius 3 is 2.64 bits per heavy atom. The molecule has 1 aliphatic rings. The summed E-state index contributed by atoms with van der Waals surface area (Å²) in [6.45, 7) is 4.52. The minimum Gasteiger partial charge on any atom is -0.370 e. The summed E-state index contributed by atoms with van der Waals surface area (Å²) in [5, 5.41) is 2.21. The second-order valence-corrected chi connectivity index (χ2v) is 10.4. The number of ether oxygens (including phenoxy) is 1. The fraction of sp³-hybridized carbons (Fsp3) is 0.240. The molecule has 4 aromatic rings. The number of aromatic nitrogens is 3. The Balaban J connectivity index is 1.64. The highest BCUT2D eigenvalue weighted by atomic mass is 35.5. The van der Waals surface area contributed by atoms with E-state index in [0.29, 0.717) is 45.0 Å². The molecule has 0 saturated heterocycles. The Morgan fingerprint density at radius 2 is 1.88 bits per heavy atom. The average Bonchev–Trinajstić information content (AvgIpc) is 2.77. The molecule has 0 aliphatic carbocycles. The van der Waals surface area contributed by atoms with Crippen LogP contribution in [0.1, 0.15) is 30.7 Å². The van der Waals surface area contributed by atoms with Crippen molar-refractivity contribution in [2.75, 3.05) is 0 Å². The van der Waals surface area contributed by atoms with Gasteiger partial charge in [0.15, 0.2) is 10.8 Å². The molecule has 3 heterocycles. The standard InChI is InChI=1S/C25H21Cl2N3O2S/c1-25(2)12-21-16(13-32-25)10-19-22(28-21)29-24(30(23(19)31)18-6-4-3-5-7-18)33-14-15-8-9-17(26)11-20(15)27/h3-11H,12-14H2,1-2H3. The normalized spacial score (nSPS) is 14.9. The maximum absolute atomic E-state index is 13.7. The maximum Gasteiger partial charge on any atom is 0.268 e. The third-order valence-electron chi connectivity index (χ3n) is 5.60. The van der Waals surface area contributed by atoms with Gasteiger partial charge in [-0.1, -0.05) is 59.2 Å². The Morgan fingerprint density at radius 1 is 1.09 bits per heavy atom. The molecule has 0 unspecified atom stereocenters. The highest BCUT2D eigenvalue weighted by molar-refractivity contribution is 7.98. The monoisotopic (exact) mass is 497 g/mol. The first-order chi connectivity index (χ1) is 15.8. The zero-order valence-corrected chi connectivity index (χ0v) is 20.5. The molecule has 0 saturated carbocycles. The first-order valence-corrected chi connectivity index (χ1v) is 12.3. The van der Waals surface area contributed by atoms with E-state index in [4.69, 9.17) is 37.9 Å². The zero-order chi connectivity index (χ0) is 23.2. The minimum absolute atomic E-state index is 0.156. The summed E-state index contributed by atoms with van der Waals surface area (Å²) in [7, 11) is 0. The van der Waals surface area contributed by atoms with E-state index < -0.39 is 0 Å². The van der Waals surface area contributed by atoms with E-state index >= 15 is 0 Å². The van der Waals surface area contributed by atoms with Gasteiger partial charge in [0.05, 0.1) is 29.0 Å². The predicted octanol–water partition coefficient (Wildman–Crippen LogP) is 6.23. The van der Waals surface area contributed by atoms with Crippen LogP contribution in [-0.2, 0) is 23.5 Å². The molecule has 0 bridgehead atoms. The van der Waals surface area contributed by atoms with Crippen molar-refractivity contribution < 1.29 is 4.74 Å². The van der Waals surface area contributed by atoms with Gasteiger partial charge in [-0.3, -0.25) is 9.36 Å². The largest absolute Gasteiger partial charge is 0.370 e. The van der Waals surface area contributed by atoms with Crippen molar-refractivity contribution in [1.29, 1.82) is 0 Å². The van der Waals surface area contributed by atoms with Gasteiger partial charge >= 0.3 is 0 Å². The molecule has 1 aliphatic heterocycles. The number of nitrogens with zero attached hydrogens (tertiary/aromatic N) is 3. The van der Waals surface area contributed by atoms with Crippen LogP contribution >= 0.6 is 35.0 Å². The van der Waals surface area contributed by atoms with Gasteiger partial charge in [0.2, 0.25) is 0 Å². The van der Waals surface area contributed by atoms with Crippen LogP contribution in [0.4, 0.5) is 0 Å². The van der Waals surface area contributed by atoms with Gasteiger partial charge in [0, 0.05) is 27.8 Å². The van der Waals surface area contributed by atoms with Gasteiger partial charge in [-0.15, -0.1) is 0 Å². The molecule has 2 aromatic heterocycles. The van der Waals surface area contributed by atoms with E-state index in [1.807, 2.05) is 56.3 Å². The average molecular weight is 498 g/mol. The molecule has 0 radical (unpaired) electrons. The number of hydrogen-bond acceptors (Lipinski definition) is 5. The van der Waals surface area contributed by atoms with Crippen LogP contribution in [0.15, 0.2) is 64.5 Å². The van der Waals surface area contributed by atoms with E-state index in [1.165, 1.54) is 11.8 Å². The number of thioether (sulfide) groups is 1. The van der Waals surface area contributed by atoms with Crippen LogP contribution in [0.25, 0.3) is 16.7 Å². The van der Waals surface area contributed by atoms with Gasteiger partial charge in [-0.05, 0) is 49.7 Å². The zero-order valence-electron chi connectivity index (χ0n) is 18.1. The van der Waals surface area contributed by atoms with Crippen molar-refractivity contribution in [2.24, 2.45) is 0 Å². The molecular weight excluding hydrogens is 477 g/mol. The highest BCUT2D eigenvalue weighted by Crippen LogP contribution is 2.31. The molecule has 8 heteroatoms. The van der Waals surface area contributed by atoms with Gasteiger partial charge < -0.3 is 4.74 Å². The molecule has 0 amide bonds. The van der Waals surface area contributed by atoms with Gasteiger partial charge in [0.1, 0.15) is 0 Å². The van der Waals surface area contributed by atoms with Crippen LogP contribution in [0.5, 0.6) is 0 Å². The van der Waals surface area contributed by atoms with Crippen molar-refractivity contribution in [3.8, 4) is 5.69 Å². The van der Waals surface area contributed by atoms with Crippen LogP contribution in [0.2, 0.25) is 10.0 Å². The molecule has 5 rings (SSSR count). The Kier molecular flexibility index (Phi) is 5.95. The summed E-state index contributed by atoms with van der Waals surface area (Å²) in [5.74, 6) is 0.534. The van der Waals surface area contributed by atoms with Gasteiger partial charge in [-0.25, -0.2) is 9.97 Å². The molecule has 0 atom stereocenters. The lowest BCUT2D eigenvalue weighted by Gasteiger charge is -2.31. The summed E-state index contributed by atoms with van der Waals surface area (Å²) < 4.78 is 7.57. The Bertz CT molecular complexity index is 1420. The molecule has 168 valence electrons. The summed E-state index contributed by atoms with van der Waals surface area (Å²) in [4.78, 5) is 23.3. The predicted molar refractivity (Wildman–Crippen MR) is 134 cm³/mol. The Labute approximate surface area is 205 Å². The minimum atomic E-state index is -0.296. The molecule has 0 fully saturated rings. The fourth-order valence-corrected chi connectivity index (χ4v) is 5.42. The van der Waals surface area contributed by atoms with E-state index in [9.17, 15) is 4.79 Å². The quantitative estimate of drug-likeness (QED) is 0.247. The second-order valence-electron chi connectivity index (χ2n) is 8.59. The first-order valence-electron chi connectivity index (χ1n) is 10.5. The smallest absolute Gasteiger partial charge is 0.268 e. The van der Waals surface area contributed by atoms with Crippen LogP contribution < -0.4 is 5.56 Å². The fourth-order valence-electron chi connectivity index (χ4n) is 3.86. The lowest BCUT2D eigenvalue weighted by Crippen LogP contribution is -2.33. The van der Waals surface area contributed by atoms with Crippen LogP contribution in [-0.4, -0.2) is 20.1 Å². The molecule has 2 aromatic carbocycles. The molecular formula is C25H21Cl2N3O2S. The summed E-state index contributed by atoms with van der Waals surface area (Å²) in [5.41, 5.74) is 3.53. The van der Waals surface area contributed by atoms with Crippen molar-refractivity contribution in [3.63, 3.8) is 0 Å². The number of fused-ring (bicyclic) bond motifs is 2. The number of benzene rings is 2. The Hall–Kier alpha value is -2.38. The number of halogens is 2. The lowest BCUT2D eigenvalue weighted by atomic mass is 9.95. The molecule has 0 spiro atoms. The molecule has 33 heavy (non-hydrogen) atoms. The van der Waals surface area contributed by atoms with E-state index in [2.05, 4.69) is 0 Å². The van der Waals surface area contributed by atoms with Crippen molar-refractivity contribution in [3.05, 3.63) is 91.8 Å². The molecule has 0 N–H and O–H groups in total. The SMILES string of the molecule is CC1(C)Cc2nc3nc(SCc4ccc(Cl)cc4Cl)n(-c4ccccc4)c(=O)c3cc2CO1. The first kappa shape index (κ1) is 22.4. The third-order valence-corrected chi connectivity index (χ3v) is 7.17. The van der Waals surface area contributed by atoms with E-state index in [0.717, 1.165) is 22.5 Å². The van der Waals surface area contributed by atoms with Gasteiger partial charge in [-0.2, -0.15) is 0 Å². The van der Waals surface area contributed by atoms with Crippen LogP contribution in [0, 0.1) is 0 Å². The topological polar surface area (TPSA) is 57.0 Å². The van der Waals surface area contributed by atoms with E-state index in [1.54, 1.807) is 16.7 Å². The third kappa shape index (κ3) is 4.53.